The van der Waals surface area contributed by atoms with Gasteiger partial charge >= 0.3 is 0 Å². The van der Waals surface area contributed by atoms with E-state index in [4.69, 9.17) is 0 Å². The molecule has 0 aliphatic heterocycles. The Morgan fingerprint density at radius 2 is 1.50 bits per heavy atom. The van der Waals surface area contributed by atoms with Gasteiger partial charge in [0.25, 0.3) is 0 Å². The highest BCUT2D eigenvalue weighted by Crippen LogP contribution is 1.96. The molecule has 0 fully saturated rings. The average molecular weight is 167 g/mol. The van der Waals surface area contributed by atoms with Gasteiger partial charge in [-0.1, -0.05) is 19.1 Å². The van der Waals surface area contributed by atoms with Crippen molar-refractivity contribution in [3.05, 3.63) is 25.3 Å². The minimum Gasteiger partial charge on any atom is -0.303 e. The first-order valence-electron chi connectivity index (χ1n) is 4.79. The quantitative estimate of drug-likeness (QED) is 0.502. The van der Waals surface area contributed by atoms with Crippen molar-refractivity contribution in [3.8, 4) is 0 Å². The molecule has 0 saturated heterocycles. The fourth-order valence-corrected chi connectivity index (χ4v) is 1.20. The van der Waals surface area contributed by atoms with Crippen LogP contribution < -0.4 is 0 Å². The molecule has 12 heavy (non-hydrogen) atoms. The van der Waals surface area contributed by atoms with Crippen LogP contribution in [0.1, 0.15) is 26.2 Å². The van der Waals surface area contributed by atoms with E-state index in [1.165, 1.54) is 13.0 Å². The van der Waals surface area contributed by atoms with Crippen LogP contribution in [0.2, 0.25) is 0 Å². The van der Waals surface area contributed by atoms with Crippen LogP contribution in [0.5, 0.6) is 0 Å². The van der Waals surface area contributed by atoms with Crippen LogP contribution in [-0.4, -0.2) is 24.5 Å². The summed E-state index contributed by atoms with van der Waals surface area (Å²) in [7, 11) is 0. The molecule has 0 unspecified atom stereocenters. The maximum atomic E-state index is 3.73. The molecule has 1 heteroatoms. The molecule has 0 saturated carbocycles. The third-order valence-electron chi connectivity index (χ3n) is 1.84. The van der Waals surface area contributed by atoms with E-state index in [2.05, 4.69) is 25.0 Å². The first kappa shape index (κ1) is 11.4. The molecule has 0 amide bonds. The standard InChI is InChI=1S/C11H21N/c1-4-7-10-12(9-6-3)11-8-5-2/h4-5H,1-2,6-11H2,3H3. The van der Waals surface area contributed by atoms with Crippen molar-refractivity contribution >= 4 is 0 Å². The van der Waals surface area contributed by atoms with E-state index in [1.54, 1.807) is 0 Å². The molecule has 0 atom stereocenters. The lowest BCUT2D eigenvalue weighted by molar-refractivity contribution is 0.285. The molecule has 0 aromatic carbocycles. The van der Waals surface area contributed by atoms with E-state index in [-0.39, 0.29) is 0 Å². The highest BCUT2D eigenvalue weighted by atomic mass is 15.1. The second-order valence-corrected chi connectivity index (χ2v) is 3.00. The monoisotopic (exact) mass is 167 g/mol. The van der Waals surface area contributed by atoms with Gasteiger partial charge in [-0.2, -0.15) is 0 Å². The lowest BCUT2D eigenvalue weighted by atomic mass is 10.3. The van der Waals surface area contributed by atoms with E-state index in [1.807, 2.05) is 12.2 Å². The van der Waals surface area contributed by atoms with Crippen LogP contribution in [0.4, 0.5) is 0 Å². The summed E-state index contributed by atoms with van der Waals surface area (Å²) >= 11 is 0. The number of hydrogen-bond acceptors (Lipinski definition) is 1. The van der Waals surface area contributed by atoms with Crippen LogP contribution in [-0.2, 0) is 0 Å². The minimum absolute atomic E-state index is 1.09. The molecule has 0 aromatic heterocycles. The van der Waals surface area contributed by atoms with Gasteiger partial charge in [0.1, 0.15) is 0 Å². The van der Waals surface area contributed by atoms with Gasteiger partial charge in [0, 0.05) is 13.1 Å². The summed E-state index contributed by atoms with van der Waals surface area (Å²) in [5.41, 5.74) is 0. The highest BCUT2D eigenvalue weighted by molar-refractivity contribution is 4.73. The molecule has 70 valence electrons. The molecule has 0 aromatic rings. The van der Waals surface area contributed by atoms with Gasteiger partial charge in [-0.3, -0.25) is 0 Å². The molecule has 0 bridgehead atoms. The number of nitrogens with zero attached hydrogens (tertiary/aromatic N) is 1. The normalized spacial score (nSPS) is 10.2. The first-order valence-corrected chi connectivity index (χ1v) is 4.79. The Bertz CT molecular complexity index is 106. The van der Waals surface area contributed by atoms with Crippen molar-refractivity contribution < 1.29 is 0 Å². The zero-order valence-corrected chi connectivity index (χ0v) is 8.26. The van der Waals surface area contributed by atoms with Crippen molar-refractivity contribution in [3.63, 3.8) is 0 Å². The smallest absolute Gasteiger partial charge is 0.00159 e. The van der Waals surface area contributed by atoms with E-state index in [9.17, 15) is 0 Å². The topological polar surface area (TPSA) is 3.24 Å². The van der Waals surface area contributed by atoms with Gasteiger partial charge < -0.3 is 4.90 Å². The second-order valence-electron chi connectivity index (χ2n) is 3.00. The van der Waals surface area contributed by atoms with Crippen molar-refractivity contribution in [1.82, 2.24) is 4.90 Å². The van der Waals surface area contributed by atoms with E-state index in [0.29, 0.717) is 0 Å². The summed E-state index contributed by atoms with van der Waals surface area (Å²) in [6, 6.07) is 0. The highest BCUT2D eigenvalue weighted by Gasteiger charge is 1.99. The summed E-state index contributed by atoms with van der Waals surface area (Å²) in [5, 5.41) is 0. The zero-order chi connectivity index (χ0) is 9.23. The summed E-state index contributed by atoms with van der Waals surface area (Å²) < 4.78 is 0. The van der Waals surface area contributed by atoms with Gasteiger partial charge in [0.05, 0.1) is 0 Å². The van der Waals surface area contributed by atoms with Gasteiger partial charge in [0.2, 0.25) is 0 Å². The molecule has 0 spiro atoms. The fourth-order valence-electron chi connectivity index (χ4n) is 1.20. The molecule has 0 heterocycles. The van der Waals surface area contributed by atoms with Gasteiger partial charge in [-0.25, -0.2) is 0 Å². The van der Waals surface area contributed by atoms with E-state index < -0.39 is 0 Å². The third-order valence-corrected chi connectivity index (χ3v) is 1.84. The Hall–Kier alpha value is -0.560. The second kappa shape index (κ2) is 8.54. The molecule has 0 N–H and O–H groups in total. The van der Waals surface area contributed by atoms with Crippen LogP contribution in [0.15, 0.2) is 25.3 Å². The summed E-state index contributed by atoms with van der Waals surface area (Å²) in [6.45, 7) is 13.2. The summed E-state index contributed by atoms with van der Waals surface area (Å²) in [5.74, 6) is 0. The summed E-state index contributed by atoms with van der Waals surface area (Å²) in [4.78, 5) is 2.46. The van der Waals surface area contributed by atoms with E-state index in [0.717, 1.165) is 25.9 Å². The van der Waals surface area contributed by atoms with Crippen LogP contribution >= 0.6 is 0 Å². The Morgan fingerprint density at radius 3 is 1.83 bits per heavy atom. The van der Waals surface area contributed by atoms with Crippen LogP contribution in [0.3, 0.4) is 0 Å². The lowest BCUT2D eigenvalue weighted by Gasteiger charge is -2.19. The van der Waals surface area contributed by atoms with Crippen LogP contribution in [0.25, 0.3) is 0 Å². The predicted molar refractivity (Wildman–Crippen MR) is 56.4 cm³/mol. The van der Waals surface area contributed by atoms with Gasteiger partial charge in [-0.15, -0.1) is 13.2 Å². The largest absolute Gasteiger partial charge is 0.303 e. The lowest BCUT2D eigenvalue weighted by Crippen LogP contribution is -2.26. The molecule has 0 aliphatic rings. The van der Waals surface area contributed by atoms with Crippen molar-refractivity contribution in [2.75, 3.05) is 19.6 Å². The van der Waals surface area contributed by atoms with Gasteiger partial charge in [0.15, 0.2) is 0 Å². The van der Waals surface area contributed by atoms with Crippen LogP contribution in [0, 0.1) is 0 Å². The minimum atomic E-state index is 1.09. The Balaban J connectivity index is 3.52. The Morgan fingerprint density at radius 1 is 1.00 bits per heavy atom. The average Bonchev–Trinajstić information content (AvgIpc) is 2.10. The Kier molecular flexibility index (Phi) is 8.14. The number of hydrogen-bond donors (Lipinski definition) is 0. The molecule has 1 nitrogen and oxygen atoms in total. The van der Waals surface area contributed by atoms with Crippen molar-refractivity contribution in [2.24, 2.45) is 0 Å². The maximum Gasteiger partial charge on any atom is 0.00159 e. The van der Waals surface area contributed by atoms with E-state index >= 15 is 0 Å². The first-order chi connectivity index (χ1) is 5.85. The predicted octanol–water partition coefficient (Wildman–Crippen LogP) is 2.85. The molecule has 0 aliphatic carbocycles. The fraction of sp³-hybridized carbons (Fsp3) is 0.636. The zero-order valence-electron chi connectivity index (χ0n) is 8.26. The van der Waals surface area contributed by atoms with Crippen molar-refractivity contribution in [1.29, 1.82) is 0 Å². The molecule has 0 radical (unpaired) electrons. The summed E-state index contributed by atoms with van der Waals surface area (Å²) in [6.07, 6.45) is 7.38. The van der Waals surface area contributed by atoms with Gasteiger partial charge in [-0.05, 0) is 25.8 Å². The SMILES string of the molecule is C=CCCN(CCC)CCC=C. The maximum absolute atomic E-state index is 3.73. The molecular weight excluding hydrogens is 146 g/mol. The Labute approximate surface area is 76.8 Å². The molecular formula is C11H21N. The third kappa shape index (κ3) is 6.17. The van der Waals surface area contributed by atoms with Crippen molar-refractivity contribution in [2.45, 2.75) is 26.2 Å². The molecule has 0 rings (SSSR count). The number of rotatable bonds is 8.